The number of aryl methyl sites for hydroxylation is 1. The average molecular weight is 288 g/mol. The molecule has 4 heteroatoms. The number of amides is 1. The van der Waals surface area contributed by atoms with E-state index in [9.17, 15) is 4.79 Å². The van der Waals surface area contributed by atoms with Crippen molar-refractivity contribution in [2.45, 2.75) is 26.3 Å². The van der Waals surface area contributed by atoms with Crippen LogP contribution in [-0.2, 0) is 11.2 Å². The van der Waals surface area contributed by atoms with Gasteiger partial charge in [-0.2, -0.15) is 0 Å². The van der Waals surface area contributed by atoms with Crippen LogP contribution in [0.1, 0.15) is 16.7 Å². The SMILES string of the molecule is Cc1ccc(CC(C)NCC(=O)Nc2ccccc2)s1. The molecule has 1 amide bonds. The van der Waals surface area contributed by atoms with Gasteiger partial charge in [0.2, 0.25) is 5.91 Å². The van der Waals surface area contributed by atoms with Crippen LogP contribution in [0, 0.1) is 6.92 Å². The van der Waals surface area contributed by atoms with Crippen LogP contribution in [0.15, 0.2) is 42.5 Å². The topological polar surface area (TPSA) is 41.1 Å². The first-order valence-electron chi connectivity index (χ1n) is 6.77. The van der Waals surface area contributed by atoms with E-state index in [1.807, 2.05) is 41.7 Å². The lowest BCUT2D eigenvalue weighted by molar-refractivity contribution is -0.115. The molecule has 2 aromatic rings. The molecule has 0 aliphatic rings. The first-order valence-corrected chi connectivity index (χ1v) is 7.59. The molecule has 106 valence electrons. The molecule has 0 spiro atoms. The molecule has 1 aromatic heterocycles. The zero-order valence-corrected chi connectivity index (χ0v) is 12.7. The number of rotatable bonds is 6. The minimum absolute atomic E-state index is 0.00888. The van der Waals surface area contributed by atoms with Crippen molar-refractivity contribution >= 4 is 22.9 Å². The van der Waals surface area contributed by atoms with Gasteiger partial charge in [0.1, 0.15) is 0 Å². The Morgan fingerprint density at radius 1 is 1.20 bits per heavy atom. The zero-order valence-electron chi connectivity index (χ0n) is 11.8. The molecule has 0 saturated heterocycles. The summed E-state index contributed by atoms with van der Waals surface area (Å²) in [4.78, 5) is 14.5. The molecule has 1 unspecified atom stereocenters. The van der Waals surface area contributed by atoms with E-state index < -0.39 is 0 Å². The average Bonchev–Trinajstić information content (AvgIpc) is 2.83. The van der Waals surface area contributed by atoms with E-state index in [2.05, 4.69) is 36.6 Å². The second kappa shape index (κ2) is 7.22. The van der Waals surface area contributed by atoms with Crippen LogP contribution in [0.4, 0.5) is 5.69 Å². The molecule has 3 nitrogen and oxygen atoms in total. The molecule has 20 heavy (non-hydrogen) atoms. The van der Waals surface area contributed by atoms with Crippen LogP contribution in [0.3, 0.4) is 0 Å². The van der Waals surface area contributed by atoms with Gasteiger partial charge in [-0.1, -0.05) is 18.2 Å². The molecule has 0 fully saturated rings. The van der Waals surface area contributed by atoms with Gasteiger partial charge in [0, 0.05) is 21.5 Å². The van der Waals surface area contributed by atoms with E-state index in [4.69, 9.17) is 0 Å². The molecule has 1 heterocycles. The number of hydrogen-bond acceptors (Lipinski definition) is 3. The maximum absolute atomic E-state index is 11.8. The molecular formula is C16H20N2OS. The van der Waals surface area contributed by atoms with Crippen molar-refractivity contribution in [1.82, 2.24) is 5.32 Å². The molecule has 0 bridgehead atoms. The van der Waals surface area contributed by atoms with Gasteiger partial charge in [-0.25, -0.2) is 0 Å². The van der Waals surface area contributed by atoms with Crippen LogP contribution in [0.5, 0.6) is 0 Å². The summed E-state index contributed by atoms with van der Waals surface area (Å²) in [6.45, 7) is 4.55. The molecule has 1 aromatic carbocycles. The van der Waals surface area contributed by atoms with Crippen LogP contribution in [-0.4, -0.2) is 18.5 Å². The van der Waals surface area contributed by atoms with E-state index >= 15 is 0 Å². The molecule has 2 rings (SSSR count). The van der Waals surface area contributed by atoms with Crippen molar-refractivity contribution < 1.29 is 4.79 Å². The second-order valence-electron chi connectivity index (χ2n) is 4.91. The number of nitrogens with one attached hydrogen (secondary N) is 2. The standard InChI is InChI=1S/C16H20N2OS/c1-12(10-15-9-8-13(2)20-15)17-11-16(19)18-14-6-4-3-5-7-14/h3-9,12,17H,10-11H2,1-2H3,(H,18,19). The van der Waals surface area contributed by atoms with Gasteiger partial charge in [0.15, 0.2) is 0 Å². The lowest BCUT2D eigenvalue weighted by Gasteiger charge is -2.12. The molecular weight excluding hydrogens is 268 g/mol. The van der Waals surface area contributed by atoms with E-state index in [1.165, 1.54) is 9.75 Å². The third-order valence-corrected chi connectivity index (χ3v) is 4.00. The van der Waals surface area contributed by atoms with Crippen molar-refractivity contribution in [3.05, 3.63) is 52.2 Å². The largest absolute Gasteiger partial charge is 0.325 e. The Morgan fingerprint density at radius 2 is 1.95 bits per heavy atom. The van der Waals surface area contributed by atoms with Crippen molar-refractivity contribution in [2.75, 3.05) is 11.9 Å². The van der Waals surface area contributed by atoms with Gasteiger partial charge in [-0.15, -0.1) is 11.3 Å². The van der Waals surface area contributed by atoms with Crippen LogP contribution >= 0.6 is 11.3 Å². The number of para-hydroxylation sites is 1. The number of hydrogen-bond donors (Lipinski definition) is 2. The van der Waals surface area contributed by atoms with Crippen LogP contribution in [0.2, 0.25) is 0 Å². The zero-order chi connectivity index (χ0) is 14.4. The van der Waals surface area contributed by atoms with Gasteiger partial charge >= 0.3 is 0 Å². The molecule has 2 N–H and O–H groups in total. The van der Waals surface area contributed by atoms with Crippen molar-refractivity contribution in [3.8, 4) is 0 Å². The summed E-state index contributed by atoms with van der Waals surface area (Å²) in [6.07, 6.45) is 0.955. The highest BCUT2D eigenvalue weighted by Crippen LogP contribution is 2.16. The highest BCUT2D eigenvalue weighted by atomic mass is 32.1. The summed E-state index contributed by atoms with van der Waals surface area (Å²) in [7, 11) is 0. The maximum atomic E-state index is 11.8. The van der Waals surface area contributed by atoms with Gasteiger partial charge < -0.3 is 10.6 Å². The van der Waals surface area contributed by atoms with Crippen molar-refractivity contribution in [1.29, 1.82) is 0 Å². The predicted octanol–water partition coefficient (Wildman–Crippen LogP) is 3.22. The first kappa shape index (κ1) is 14.8. The Hall–Kier alpha value is -1.65. The van der Waals surface area contributed by atoms with E-state index in [0.29, 0.717) is 6.54 Å². The summed E-state index contributed by atoms with van der Waals surface area (Å²) < 4.78 is 0. The Labute approximate surface area is 124 Å². The fraction of sp³-hybridized carbons (Fsp3) is 0.312. The van der Waals surface area contributed by atoms with Gasteiger partial charge in [-0.05, 0) is 44.5 Å². The molecule has 0 aliphatic carbocycles. The predicted molar refractivity (Wildman–Crippen MR) is 85.3 cm³/mol. The highest BCUT2D eigenvalue weighted by Gasteiger charge is 2.07. The quantitative estimate of drug-likeness (QED) is 0.857. The summed E-state index contributed by atoms with van der Waals surface area (Å²) in [5.41, 5.74) is 0.834. The molecule has 1 atom stereocenters. The third-order valence-electron chi connectivity index (χ3n) is 2.97. The second-order valence-corrected chi connectivity index (χ2v) is 6.29. The Balaban J connectivity index is 1.73. The highest BCUT2D eigenvalue weighted by molar-refractivity contribution is 7.11. The first-order chi connectivity index (χ1) is 9.63. The van der Waals surface area contributed by atoms with E-state index in [1.54, 1.807) is 0 Å². The number of benzene rings is 1. The van der Waals surface area contributed by atoms with Gasteiger partial charge in [0.25, 0.3) is 0 Å². The summed E-state index contributed by atoms with van der Waals surface area (Å²) in [5, 5.41) is 6.12. The summed E-state index contributed by atoms with van der Waals surface area (Å²) in [5.74, 6) is -0.00888. The lowest BCUT2D eigenvalue weighted by atomic mass is 10.2. The van der Waals surface area contributed by atoms with Crippen LogP contribution in [0.25, 0.3) is 0 Å². The number of carbonyl (C=O) groups is 1. The number of carbonyl (C=O) groups excluding carboxylic acids is 1. The smallest absolute Gasteiger partial charge is 0.238 e. The number of thiophene rings is 1. The fourth-order valence-corrected chi connectivity index (χ4v) is 2.98. The minimum Gasteiger partial charge on any atom is -0.325 e. The minimum atomic E-state index is -0.00888. The maximum Gasteiger partial charge on any atom is 0.238 e. The van der Waals surface area contributed by atoms with Crippen molar-refractivity contribution in [3.63, 3.8) is 0 Å². The molecule has 0 radical (unpaired) electrons. The van der Waals surface area contributed by atoms with Crippen LogP contribution < -0.4 is 10.6 Å². The normalized spacial score (nSPS) is 12.1. The van der Waals surface area contributed by atoms with E-state index in [-0.39, 0.29) is 11.9 Å². The van der Waals surface area contributed by atoms with Gasteiger partial charge in [0.05, 0.1) is 6.54 Å². The Bertz CT molecular complexity index is 551. The van der Waals surface area contributed by atoms with Gasteiger partial charge in [-0.3, -0.25) is 4.79 Å². The van der Waals surface area contributed by atoms with E-state index in [0.717, 1.165) is 12.1 Å². The Morgan fingerprint density at radius 3 is 2.60 bits per heavy atom. The third kappa shape index (κ3) is 4.79. The van der Waals surface area contributed by atoms with Crippen molar-refractivity contribution in [2.24, 2.45) is 0 Å². The fourth-order valence-electron chi connectivity index (χ4n) is 1.96. The summed E-state index contributed by atoms with van der Waals surface area (Å²) in [6, 6.07) is 14.1. The summed E-state index contributed by atoms with van der Waals surface area (Å²) >= 11 is 1.81. The lowest BCUT2D eigenvalue weighted by Crippen LogP contribution is -2.35. The number of anilines is 1. The monoisotopic (exact) mass is 288 g/mol. The molecule has 0 aliphatic heterocycles. The molecule has 0 saturated carbocycles. The Kier molecular flexibility index (Phi) is 5.32.